The molecular weight excluding hydrogens is 427 g/mol. The standard InChI is InChI=1S/C21H20F3N5O3/c1-29-11-13(10-25-29)19-26-16(12-5-7-14(8-6-12)32-21(22,23)24)9-17(27-19)20(31)28-15-3-2-4-18(15)30/h5-11,15,18,30H,2-4H2,1H3,(H,28,31)/t15-,18+/m0/s1. The zero-order chi connectivity index (χ0) is 22.9. The van der Waals surface area contributed by atoms with Gasteiger partial charge in [-0.05, 0) is 49.6 Å². The van der Waals surface area contributed by atoms with E-state index in [0.717, 1.165) is 6.42 Å². The zero-order valence-electron chi connectivity index (χ0n) is 17.0. The third kappa shape index (κ3) is 5.05. The summed E-state index contributed by atoms with van der Waals surface area (Å²) in [5.74, 6) is -0.596. The van der Waals surface area contributed by atoms with Gasteiger partial charge >= 0.3 is 6.36 Å². The van der Waals surface area contributed by atoms with Crippen LogP contribution in [0.1, 0.15) is 29.8 Å². The summed E-state index contributed by atoms with van der Waals surface area (Å²) in [6, 6.07) is 6.27. The monoisotopic (exact) mass is 447 g/mol. The van der Waals surface area contributed by atoms with Crippen molar-refractivity contribution in [1.82, 2.24) is 25.1 Å². The second-order valence-corrected chi connectivity index (χ2v) is 7.52. The molecule has 2 atom stereocenters. The van der Waals surface area contributed by atoms with Crippen LogP contribution in [-0.2, 0) is 7.05 Å². The summed E-state index contributed by atoms with van der Waals surface area (Å²) in [5, 5.41) is 16.9. The van der Waals surface area contributed by atoms with E-state index in [1.807, 2.05) is 0 Å². The molecule has 3 aromatic rings. The van der Waals surface area contributed by atoms with Crippen LogP contribution < -0.4 is 10.1 Å². The smallest absolute Gasteiger partial charge is 0.406 e. The number of aromatic nitrogens is 4. The van der Waals surface area contributed by atoms with E-state index in [2.05, 4.69) is 25.1 Å². The molecule has 1 aliphatic rings. The van der Waals surface area contributed by atoms with Crippen LogP contribution in [-0.4, -0.2) is 49.3 Å². The lowest BCUT2D eigenvalue weighted by Crippen LogP contribution is -2.40. The summed E-state index contributed by atoms with van der Waals surface area (Å²) in [7, 11) is 1.72. The first kappa shape index (κ1) is 21.8. The fraction of sp³-hybridized carbons (Fsp3) is 0.333. The Morgan fingerprint density at radius 3 is 2.53 bits per heavy atom. The van der Waals surface area contributed by atoms with Gasteiger partial charge in [0.2, 0.25) is 0 Å². The van der Waals surface area contributed by atoms with E-state index in [1.165, 1.54) is 30.3 Å². The number of rotatable bonds is 5. The van der Waals surface area contributed by atoms with Crippen LogP contribution in [0, 0.1) is 0 Å². The Bertz CT molecular complexity index is 1110. The minimum atomic E-state index is -4.79. The average molecular weight is 447 g/mol. The van der Waals surface area contributed by atoms with Crippen LogP contribution in [0.15, 0.2) is 42.7 Å². The maximum Gasteiger partial charge on any atom is 0.573 e. The second-order valence-electron chi connectivity index (χ2n) is 7.52. The number of aliphatic hydroxyl groups is 1. The Kier molecular flexibility index (Phi) is 5.83. The van der Waals surface area contributed by atoms with Crippen LogP contribution in [0.4, 0.5) is 13.2 Å². The minimum Gasteiger partial charge on any atom is -0.406 e. The largest absolute Gasteiger partial charge is 0.573 e. The molecule has 32 heavy (non-hydrogen) atoms. The first-order chi connectivity index (χ1) is 15.2. The molecule has 11 heteroatoms. The van der Waals surface area contributed by atoms with Crippen LogP contribution >= 0.6 is 0 Å². The van der Waals surface area contributed by atoms with Gasteiger partial charge in [0.15, 0.2) is 5.82 Å². The van der Waals surface area contributed by atoms with Crippen molar-refractivity contribution in [1.29, 1.82) is 0 Å². The molecule has 0 spiro atoms. The summed E-state index contributed by atoms with van der Waals surface area (Å²) in [6.07, 6.45) is -0.0779. The molecule has 1 saturated carbocycles. The number of benzene rings is 1. The molecule has 8 nitrogen and oxygen atoms in total. The molecule has 0 aliphatic heterocycles. The number of ether oxygens (including phenoxy) is 1. The number of nitrogens with one attached hydrogen (secondary N) is 1. The number of nitrogens with zero attached hydrogens (tertiary/aromatic N) is 4. The van der Waals surface area contributed by atoms with Gasteiger partial charge in [0.1, 0.15) is 11.4 Å². The summed E-state index contributed by atoms with van der Waals surface area (Å²) >= 11 is 0. The third-order valence-corrected chi connectivity index (χ3v) is 5.10. The number of aryl methyl sites for hydroxylation is 1. The highest BCUT2D eigenvalue weighted by molar-refractivity contribution is 5.94. The lowest BCUT2D eigenvalue weighted by atomic mass is 10.1. The number of hydrogen-bond acceptors (Lipinski definition) is 6. The van der Waals surface area contributed by atoms with Crippen molar-refractivity contribution in [3.05, 3.63) is 48.4 Å². The highest BCUT2D eigenvalue weighted by atomic mass is 19.4. The SMILES string of the molecule is Cn1cc(-c2nc(C(=O)N[C@H]3CCC[C@H]3O)cc(-c3ccc(OC(F)(F)F)cc3)n2)cn1. The Morgan fingerprint density at radius 1 is 1.19 bits per heavy atom. The third-order valence-electron chi connectivity index (χ3n) is 5.10. The fourth-order valence-corrected chi connectivity index (χ4v) is 3.56. The number of carbonyl (C=O) groups is 1. The molecule has 168 valence electrons. The van der Waals surface area contributed by atoms with Crippen molar-refractivity contribution >= 4 is 5.91 Å². The van der Waals surface area contributed by atoms with E-state index < -0.39 is 18.4 Å². The maximum atomic E-state index is 12.9. The molecule has 2 N–H and O–H groups in total. The van der Waals surface area contributed by atoms with E-state index in [-0.39, 0.29) is 23.3 Å². The van der Waals surface area contributed by atoms with Gasteiger partial charge in [-0.2, -0.15) is 5.10 Å². The first-order valence-corrected chi connectivity index (χ1v) is 9.91. The Balaban J connectivity index is 1.68. The molecule has 0 unspecified atom stereocenters. The average Bonchev–Trinajstić information content (AvgIpc) is 3.35. The zero-order valence-corrected chi connectivity index (χ0v) is 17.0. The molecular formula is C21H20F3N5O3. The topological polar surface area (TPSA) is 102 Å². The van der Waals surface area contributed by atoms with Crippen LogP contribution in [0.2, 0.25) is 0 Å². The van der Waals surface area contributed by atoms with E-state index in [1.54, 1.807) is 24.1 Å². The number of aliphatic hydroxyl groups excluding tert-OH is 1. The van der Waals surface area contributed by atoms with Crippen LogP contribution in [0.25, 0.3) is 22.6 Å². The lowest BCUT2D eigenvalue weighted by Gasteiger charge is -2.16. The van der Waals surface area contributed by atoms with Gasteiger partial charge in [0.25, 0.3) is 5.91 Å². The number of alkyl halides is 3. The van der Waals surface area contributed by atoms with Crippen molar-refractivity contribution in [3.8, 4) is 28.4 Å². The molecule has 0 saturated heterocycles. The molecule has 1 aliphatic carbocycles. The van der Waals surface area contributed by atoms with E-state index in [4.69, 9.17) is 0 Å². The summed E-state index contributed by atoms with van der Waals surface area (Å²) in [5.41, 5.74) is 1.46. The van der Waals surface area contributed by atoms with Crippen molar-refractivity contribution < 1.29 is 27.8 Å². The highest BCUT2D eigenvalue weighted by Crippen LogP contribution is 2.27. The van der Waals surface area contributed by atoms with Gasteiger partial charge in [-0.25, -0.2) is 9.97 Å². The van der Waals surface area contributed by atoms with Crippen LogP contribution in [0.3, 0.4) is 0 Å². The van der Waals surface area contributed by atoms with Crippen LogP contribution in [0.5, 0.6) is 5.75 Å². The van der Waals surface area contributed by atoms with Gasteiger partial charge in [0.05, 0.1) is 29.6 Å². The number of amides is 1. The number of carbonyl (C=O) groups excluding carboxylic acids is 1. The number of hydrogen-bond donors (Lipinski definition) is 2. The van der Waals surface area contributed by atoms with E-state index >= 15 is 0 Å². The molecule has 1 fully saturated rings. The summed E-state index contributed by atoms with van der Waals surface area (Å²) < 4.78 is 42.8. The fourth-order valence-electron chi connectivity index (χ4n) is 3.56. The quantitative estimate of drug-likeness (QED) is 0.623. The van der Waals surface area contributed by atoms with Gasteiger partial charge in [0, 0.05) is 18.8 Å². The Hall–Kier alpha value is -3.47. The molecule has 0 radical (unpaired) electrons. The second kappa shape index (κ2) is 8.58. The molecule has 2 heterocycles. The maximum absolute atomic E-state index is 12.9. The predicted molar refractivity (Wildman–Crippen MR) is 107 cm³/mol. The minimum absolute atomic E-state index is 0.0728. The Morgan fingerprint density at radius 2 is 1.94 bits per heavy atom. The molecule has 0 bridgehead atoms. The normalized spacial score (nSPS) is 18.5. The molecule has 1 amide bonds. The Labute approximate surface area is 181 Å². The summed E-state index contributed by atoms with van der Waals surface area (Å²) in [4.78, 5) is 21.7. The van der Waals surface area contributed by atoms with Crippen molar-refractivity contribution in [2.45, 2.75) is 37.8 Å². The first-order valence-electron chi connectivity index (χ1n) is 9.91. The van der Waals surface area contributed by atoms with Crippen molar-refractivity contribution in [2.75, 3.05) is 0 Å². The highest BCUT2D eigenvalue weighted by Gasteiger charge is 2.31. The van der Waals surface area contributed by atoms with Gasteiger partial charge in [-0.15, -0.1) is 13.2 Å². The number of halogens is 3. The lowest BCUT2D eigenvalue weighted by molar-refractivity contribution is -0.274. The molecule has 1 aromatic carbocycles. The predicted octanol–water partition coefficient (Wildman–Crippen LogP) is 3.09. The van der Waals surface area contributed by atoms with E-state index in [9.17, 15) is 23.1 Å². The van der Waals surface area contributed by atoms with Crippen molar-refractivity contribution in [2.24, 2.45) is 7.05 Å². The van der Waals surface area contributed by atoms with Gasteiger partial charge < -0.3 is 15.2 Å². The van der Waals surface area contributed by atoms with E-state index in [0.29, 0.717) is 29.7 Å². The molecule has 4 rings (SSSR count). The summed E-state index contributed by atoms with van der Waals surface area (Å²) in [6.45, 7) is 0. The molecule has 2 aromatic heterocycles. The van der Waals surface area contributed by atoms with Gasteiger partial charge in [-0.1, -0.05) is 0 Å². The van der Waals surface area contributed by atoms with Gasteiger partial charge in [-0.3, -0.25) is 9.48 Å². The van der Waals surface area contributed by atoms with Crippen molar-refractivity contribution in [3.63, 3.8) is 0 Å².